The Morgan fingerprint density at radius 1 is 1.62 bits per heavy atom. The summed E-state index contributed by atoms with van der Waals surface area (Å²) in [6.07, 6.45) is 2.52. The number of H-pyrrole nitrogens is 1. The molecule has 0 spiro atoms. The van der Waals surface area contributed by atoms with Crippen LogP contribution >= 0.6 is 11.8 Å². The molecule has 0 aliphatic heterocycles. The summed E-state index contributed by atoms with van der Waals surface area (Å²) < 4.78 is 0. The van der Waals surface area contributed by atoms with E-state index < -0.39 is 0 Å². The van der Waals surface area contributed by atoms with Crippen LogP contribution in [0.25, 0.3) is 0 Å². The van der Waals surface area contributed by atoms with E-state index in [9.17, 15) is 0 Å². The number of aromatic nitrogens is 3. The maximum Gasteiger partial charge on any atom is 0.209 e. The van der Waals surface area contributed by atoms with Crippen LogP contribution in [0.15, 0.2) is 5.16 Å². The molecule has 1 N–H and O–H groups in total. The molecule has 1 aromatic rings. The number of hydrogen-bond acceptors (Lipinski definition) is 3. The van der Waals surface area contributed by atoms with Crippen LogP contribution in [-0.2, 0) is 0 Å². The summed E-state index contributed by atoms with van der Waals surface area (Å²) in [7, 11) is 0. The number of thioether (sulfide) groups is 1. The Morgan fingerprint density at radius 2 is 2.46 bits per heavy atom. The number of hydrogen-bond donors (Lipinski definition) is 1. The lowest BCUT2D eigenvalue weighted by molar-refractivity contribution is 0.932. The van der Waals surface area contributed by atoms with Crippen molar-refractivity contribution in [3.05, 3.63) is 5.82 Å². The van der Waals surface area contributed by atoms with E-state index >= 15 is 0 Å². The molecule has 3 nitrogen and oxygen atoms in total. The molecule has 68 valence electrons. The summed E-state index contributed by atoms with van der Waals surface area (Å²) in [6.45, 7) is 1.84. The summed E-state index contributed by atoms with van der Waals surface area (Å²) in [5.41, 5.74) is 0. The third-order valence-electron chi connectivity index (χ3n) is 1.90. The third-order valence-corrected chi connectivity index (χ3v) is 2.63. The fourth-order valence-electron chi connectivity index (χ4n) is 1.03. The normalized spacial score (nSPS) is 15.2. The van der Waals surface area contributed by atoms with Crippen molar-refractivity contribution in [2.24, 2.45) is 0 Å². The highest BCUT2D eigenvalue weighted by molar-refractivity contribution is 7.99. The van der Waals surface area contributed by atoms with Gasteiger partial charge >= 0.3 is 0 Å². The van der Waals surface area contributed by atoms with Crippen LogP contribution in [0.5, 0.6) is 0 Å². The van der Waals surface area contributed by atoms with Gasteiger partial charge in [0.05, 0.1) is 5.75 Å². The molecule has 0 bridgehead atoms. The minimum Gasteiger partial charge on any atom is -0.262 e. The van der Waals surface area contributed by atoms with Crippen LogP contribution in [-0.4, -0.2) is 20.9 Å². The topological polar surface area (TPSA) is 41.6 Å². The SMILES string of the molecule is CC#CCSc1n[nH]c(C2CC2)n1. The van der Waals surface area contributed by atoms with Crippen molar-refractivity contribution in [3.63, 3.8) is 0 Å². The number of nitrogens with one attached hydrogen (secondary N) is 1. The average Bonchev–Trinajstić information content (AvgIpc) is 2.88. The molecule has 1 saturated carbocycles. The van der Waals surface area contributed by atoms with Crippen molar-refractivity contribution < 1.29 is 0 Å². The molecule has 1 aliphatic rings. The fraction of sp³-hybridized carbons (Fsp3) is 0.556. The Kier molecular flexibility index (Phi) is 2.55. The van der Waals surface area contributed by atoms with Crippen LogP contribution in [0.3, 0.4) is 0 Å². The standard InChI is InChI=1S/C9H11N3S/c1-2-3-6-13-9-10-8(11-12-9)7-4-5-7/h7H,4-6H2,1H3,(H,10,11,12). The van der Waals surface area contributed by atoms with Crippen molar-refractivity contribution in [1.29, 1.82) is 0 Å². The van der Waals surface area contributed by atoms with Crippen molar-refractivity contribution in [2.75, 3.05) is 5.75 Å². The van der Waals surface area contributed by atoms with Gasteiger partial charge in [-0.1, -0.05) is 17.7 Å². The Labute approximate surface area is 81.7 Å². The van der Waals surface area contributed by atoms with E-state index in [0.717, 1.165) is 16.7 Å². The van der Waals surface area contributed by atoms with Crippen molar-refractivity contribution >= 4 is 11.8 Å². The molecule has 1 fully saturated rings. The van der Waals surface area contributed by atoms with Crippen LogP contribution in [0, 0.1) is 11.8 Å². The van der Waals surface area contributed by atoms with Gasteiger partial charge in [-0.2, -0.15) is 0 Å². The van der Waals surface area contributed by atoms with Crippen molar-refractivity contribution in [2.45, 2.75) is 30.8 Å². The van der Waals surface area contributed by atoms with Gasteiger partial charge in [0.15, 0.2) is 0 Å². The molecule has 0 unspecified atom stereocenters. The highest BCUT2D eigenvalue weighted by Gasteiger charge is 2.26. The second-order valence-corrected chi connectivity index (χ2v) is 3.94. The first-order valence-corrected chi connectivity index (χ1v) is 5.33. The molecule has 0 amide bonds. The zero-order chi connectivity index (χ0) is 9.10. The van der Waals surface area contributed by atoms with E-state index in [4.69, 9.17) is 0 Å². The quantitative estimate of drug-likeness (QED) is 0.588. The van der Waals surface area contributed by atoms with E-state index in [1.807, 2.05) is 6.92 Å². The van der Waals surface area contributed by atoms with Gasteiger partial charge in [0.25, 0.3) is 0 Å². The van der Waals surface area contributed by atoms with Gasteiger partial charge in [-0.25, -0.2) is 4.98 Å². The van der Waals surface area contributed by atoms with Gasteiger partial charge in [-0.3, -0.25) is 5.10 Å². The van der Waals surface area contributed by atoms with E-state index in [1.165, 1.54) is 12.8 Å². The molecule has 13 heavy (non-hydrogen) atoms. The molecule has 0 aromatic carbocycles. The van der Waals surface area contributed by atoms with Gasteiger partial charge in [0, 0.05) is 5.92 Å². The maximum atomic E-state index is 4.37. The molecular formula is C9H11N3S. The maximum absolute atomic E-state index is 4.37. The number of aromatic amines is 1. The predicted molar refractivity (Wildman–Crippen MR) is 52.5 cm³/mol. The van der Waals surface area contributed by atoms with Crippen LogP contribution in [0.1, 0.15) is 31.5 Å². The van der Waals surface area contributed by atoms with Crippen LogP contribution in [0.2, 0.25) is 0 Å². The minimum absolute atomic E-state index is 0.652. The first kappa shape index (κ1) is 8.64. The van der Waals surface area contributed by atoms with Crippen molar-refractivity contribution in [3.8, 4) is 11.8 Å². The predicted octanol–water partition coefficient (Wildman–Crippen LogP) is 1.80. The number of rotatable bonds is 3. The molecule has 2 rings (SSSR count). The molecule has 1 heterocycles. The van der Waals surface area contributed by atoms with E-state index in [1.54, 1.807) is 11.8 Å². The molecule has 0 atom stereocenters. The monoisotopic (exact) mass is 193 g/mol. The van der Waals surface area contributed by atoms with E-state index in [-0.39, 0.29) is 0 Å². The van der Waals surface area contributed by atoms with Crippen LogP contribution in [0.4, 0.5) is 0 Å². The highest BCUT2D eigenvalue weighted by atomic mass is 32.2. The van der Waals surface area contributed by atoms with Gasteiger partial charge in [-0.15, -0.1) is 11.0 Å². The highest BCUT2D eigenvalue weighted by Crippen LogP contribution is 2.38. The molecule has 1 aromatic heterocycles. The average molecular weight is 193 g/mol. The molecule has 0 radical (unpaired) electrons. The summed E-state index contributed by atoms with van der Waals surface area (Å²) in [6, 6.07) is 0. The first-order chi connectivity index (χ1) is 6.40. The molecule has 4 heteroatoms. The van der Waals surface area contributed by atoms with E-state index in [0.29, 0.717) is 5.92 Å². The second-order valence-electron chi connectivity index (χ2n) is 2.99. The van der Waals surface area contributed by atoms with Gasteiger partial charge in [0.2, 0.25) is 5.16 Å². The Bertz CT molecular complexity index is 343. The molecular weight excluding hydrogens is 182 g/mol. The summed E-state index contributed by atoms with van der Waals surface area (Å²) in [5, 5.41) is 7.90. The fourth-order valence-corrected chi connectivity index (χ4v) is 1.65. The largest absolute Gasteiger partial charge is 0.262 e. The minimum atomic E-state index is 0.652. The summed E-state index contributed by atoms with van der Waals surface area (Å²) in [5.74, 6) is 8.29. The molecule has 0 saturated heterocycles. The second kappa shape index (κ2) is 3.84. The Hall–Kier alpha value is -0.950. The lowest BCUT2D eigenvalue weighted by atomic mass is 10.4. The van der Waals surface area contributed by atoms with Crippen LogP contribution < -0.4 is 0 Å². The molecule has 1 aliphatic carbocycles. The summed E-state index contributed by atoms with van der Waals surface area (Å²) >= 11 is 1.58. The Balaban J connectivity index is 1.91. The smallest absolute Gasteiger partial charge is 0.209 e. The number of nitrogens with zero attached hydrogens (tertiary/aromatic N) is 2. The van der Waals surface area contributed by atoms with Gasteiger partial charge in [-0.05, 0) is 19.8 Å². The lowest BCUT2D eigenvalue weighted by Gasteiger charge is -1.85. The third kappa shape index (κ3) is 2.25. The van der Waals surface area contributed by atoms with Gasteiger partial charge < -0.3 is 0 Å². The zero-order valence-electron chi connectivity index (χ0n) is 7.50. The van der Waals surface area contributed by atoms with E-state index in [2.05, 4.69) is 27.0 Å². The Morgan fingerprint density at radius 3 is 3.15 bits per heavy atom. The zero-order valence-corrected chi connectivity index (χ0v) is 8.32. The lowest BCUT2D eigenvalue weighted by Crippen LogP contribution is -1.81. The van der Waals surface area contributed by atoms with Crippen molar-refractivity contribution in [1.82, 2.24) is 15.2 Å². The first-order valence-electron chi connectivity index (χ1n) is 4.35. The summed E-state index contributed by atoms with van der Waals surface area (Å²) in [4.78, 5) is 4.37. The van der Waals surface area contributed by atoms with Gasteiger partial charge in [0.1, 0.15) is 5.82 Å².